The fraction of sp³-hybridized carbons (Fsp3) is 0.0667. The van der Waals surface area contributed by atoms with Crippen LogP contribution in [-0.4, -0.2) is 18.5 Å². The molecule has 108 valence electrons. The third-order valence-electron chi connectivity index (χ3n) is 2.49. The van der Waals surface area contributed by atoms with Gasteiger partial charge in [0, 0.05) is 11.8 Å². The average molecular weight is 291 g/mol. The Morgan fingerprint density at radius 2 is 1.62 bits per heavy atom. The lowest BCUT2D eigenvalue weighted by atomic mass is 10.2. The molecule has 6 heteroatoms. The Morgan fingerprint density at radius 3 is 2.24 bits per heavy atom. The Bertz CT molecular complexity index is 639. The number of anilines is 1. The Labute approximate surface area is 119 Å². The number of nitrogens with one attached hydrogen (secondary N) is 1. The van der Waals surface area contributed by atoms with Gasteiger partial charge in [-0.15, -0.1) is 0 Å². The number of hydrogen-bond donors (Lipinski definition) is 1. The molecule has 1 amide bonds. The molecule has 2 rings (SSSR count). The van der Waals surface area contributed by atoms with E-state index >= 15 is 0 Å². The summed E-state index contributed by atoms with van der Waals surface area (Å²) in [6, 6.07) is 10.9. The third-order valence-corrected chi connectivity index (χ3v) is 2.49. The van der Waals surface area contributed by atoms with E-state index in [-0.39, 0.29) is 5.56 Å². The Morgan fingerprint density at radius 1 is 1.00 bits per heavy atom. The molecule has 0 bridgehead atoms. The highest BCUT2D eigenvalue weighted by Gasteiger charge is 2.12. The van der Waals surface area contributed by atoms with E-state index in [2.05, 4.69) is 10.1 Å². The zero-order valence-electron chi connectivity index (χ0n) is 10.8. The van der Waals surface area contributed by atoms with Gasteiger partial charge in [-0.3, -0.25) is 4.79 Å². The summed E-state index contributed by atoms with van der Waals surface area (Å²) in [5.74, 6) is -3.31. The van der Waals surface area contributed by atoms with Gasteiger partial charge in [-0.05, 0) is 24.3 Å². The number of carbonyl (C=O) groups is 2. The minimum absolute atomic E-state index is 0.292. The smallest absolute Gasteiger partial charge is 0.338 e. The summed E-state index contributed by atoms with van der Waals surface area (Å²) in [7, 11) is 0. The molecule has 21 heavy (non-hydrogen) atoms. The van der Waals surface area contributed by atoms with Crippen molar-refractivity contribution in [2.24, 2.45) is 0 Å². The highest BCUT2D eigenvalue weighted by molar-refractivity contribution is 5.95. The molecular weight excluding hydrogens is 280 g/mol. The first-order valence-corrected chi connectivity index (χ1v) is 6.03. The van der Waals surface area contributed by atoms with Crippen LogP contribution < -0.4 is 5.32 Å². The van der Waals surface area contributed by atoms with Crippen molar-refractivity contribution in [2.45, 2.75) is 0 Å². The number of carbonyl (C=O) groups excluding carboxylic acids is 2. The summed E-state index contributed by atoms with van der Waals surface area (Å²) in [6.07, 6.45) is 0. The lowest BCUT2D eigenvalue weighted by Crippen LogP contribution is -2.21. The maximum absolute atomic E-state index is 12.9. The van der Waals surface area contributed by atoms with E-state index in [4.69, 9.17) is 0 Å². The lowest BCUT2D eigenvalue weighted by molar-refractivity contribution is -0.119. The van der Waals surface area contributed by atoms with Crippen molar-refractivity contribution in [3.05, 3.63) is 65.7 Å². The van der Waals surface area contributed by atoms with Crippen LogP contribution in [0.2, 0.25) is 0 Å². The van der Waals surface area contributed by atoms with Crippen molar-refractivity contribution in [3.63, 3.8) is 0 Å². The molecule has 4 nitrogen and oxygen atoms in total. The standard InChI is InChI=1S/C15H11F2NO3/c16-11-6-10(7-12(17)8-11)15(20)21-9-14(19)18-13-4-2-1-3-5-13/h1-8H,9H2,(H,18,19). The molecule has 0 saturated carbocycles. The molecule has 0 aliphatic carbocycles. The summed E-state index contributed by atoms with van der Waals surface area (Å²) in [5.41, 5.74) is 0.260. The van der Waals surface area contributed by atoms with E-state index in [1.54, 1.807) is 30.3 Å². The monoisotopic (exact) mass is 291 g/mol. The van der Waals surface area contributed by atoms with Crippen molar-refractivity contribution in [2.75, 3.05) is 11.9 Å². The molecule has 2 aromatic carbocycles. The normalized spacial score (nSPS) is 10.0. The van der Waals surface area contributed by atoms with Gasteiger partial charge in [0.1, 0.15) is 11.6 Å². The van der Waals surface area contributed by atoms with Gasteiger partial charge in [-0.2, -0.15) is 0 Å². The van der Waals surface area contributed by atoms with Gasteiger partial charge in [0.15, 0.2) is 6.61 Å². The van der Waals surface area contributed by atoms with E-state index in [1.807, 2.05) is 0 Å². The first kappa shape index (κ1) is 14.6. The largest absolute Gasteiger partial charge is 0.452 e. The highest BCUT2D eigenvalue weighted by Crippen LogP contribution is 2.09. The van der Waals surface area contributed by atoms with E-state index in [1.165, 1.54) is 0 Å². The fourth-order valence-electron chi connectivity index (χ4n) is 1.60. The number of amides is 1. The van der Waals surface area contributed by atoms with Crippen LogP contribution in [-0.2, 0) is 9.53 Å². The summed E-state index contributed by atoms with van der Waals surface area (Å²) in [5, 5.41) is 2.51. The number of esters is 1. The lowest BCUT2D eigenvalue weighted by Gasteiger charge is -2.06. The molecule has 0 aliphatic rings. The van der Waals surface area contributed by atoms with Crippen molar-refractivity contribution < 1.29 is 23.1 Å². The average Bonchev–Trinajstić information content (AvgIpc) is 2.45. The molecular formula is C15H11F2NO3. The molecule has 0 aromatic heterocycles. The van der Waals surface area contributed by atoms with Gasteiger partial charge < -0.3 is 10.1 Å². The number of para-hydroxylation sites is 1. The van der Waals surface area contributed by atoms with Gasteiger partial charge >= 0.3 is 5.97 Å². The number of benzene rings is 2. The predicted octanol–water partition coefficient (Wildman–Crippen LogP) is 2.76. The second-order valence-electron chi connectivity index (χ2n) is 4.15. The van der Waals surface area contributed by atoms with Crippen LogP contribution in [0, 0.1) is 11.6 Å². The number of halogens is 2. The van der Waals surface area contributed by atoms with Gasteiger partial charge in [0.25, 0.3) is 5.91 Å². The van der Waals surface area contributed by atoms with Crippen LogP contribution in [0.1, 0.15) is 10.4 Å². The molecule has 0 fully saturated rings. The highest BCUT2D eigenvalue weighted by atomic mass is 19.1. The van der Waals surface area contributed by atoms with E-state index in [9.17, 15) is 18.4 Å². The maximum atomic E-state index is 12.9. The second-order valence-corrected chi connectivity index (χ2v) is 4.15. The molecule has 0 radical (unpaired) electrons. The van der Waals surface area contributed by atoms with Crippen LogP contribution in [0.25, 0.3) is 0 Å². The Hall–Kier alpha value is -2.76. The van der Waals surface area contributed by atoms with Crippen molar-refractivity contribution in [3.8, 4) is 0 Å². The van der Waals surface area contributed by atoms with Crippen LogP contribution in [0.15, 0.2) is 48.5 Å². The fourth-order valence-corrected chi connectivity index (χ4v) is 1.60. The van der Waals surface area contributed by atoms with Gasteiger partial charge in [-0.25, -0.2) is 13.6 Å². The van der Waals surface area contributed by atoms with Crippen LogP contribution in [0.4, 0.5) is 14.5 Å². The van der Waals surface area contributed by atoms with Crippen molar-refractivity contribution in [1.82, 2.24) is 0 Å². The number of hydrogen-bond acceptors (Lipinski definition) is 3. The molecule has 0 atom stereocenters. The zero-order valence-corrected chi connectivity index (χ0v) is 10.8. The second kappa shape index (κ2) is 6.60. The molecule has 0 spiro atoms. The summed E-state index contributed by atoms with van der Waals surface area (Å²) in [4.78, 5) is 23.1. The summed E-state index contributed by atoms with van der Waals surface area (Å²) in [6.45, 7) is -0.550. The number of rotatable bonds is 4. The summed E-state index contributed by atoms with van der Waals surface area (Å²) >= 11 is 0. The number of ether oxygens (including phenoxy) is 1. The van der Waals surface area contributed by atoms with Crippen LogP contribution in [0.3, 0.4) is 0 Å². The van der Waals surface area contributed by atoms with Gasteiger partial charge in [-0.1, -0.05) is 18.2 Å². The molecule has 0 aliphatic heterocycles. The van der Waals surface area contributed by atoms with Crippen LogP contribution >= 0.6 is 0 Å². The molecule has 0 heterocycles. The first-order valence-electron chi connectivity index (χ1n) is 6.03. The van der Waals surface area contributed by atoms with Crippen molar-refractivity contribution >= 4 is 17.6 Å². The van der Waals surface area contributed by atoms with Crippen LogP contribution in [0.5, 0.6) is 0 Å². The quantitative estimate of drug-likeness (QED) is 0.881. The van der Waals surface area contributed by atoms with E-state index in [0.29, 0.717) is 11.8 Å². The summed E-state index contributed by atoms with van der Waals surface area (Å²) < 4.78 is 30.6. The Balaban J connectivity index is 1.90. The topological polar surface area (TPSA) is 55.4 Å². The molecule has 2 aromatic rings. The molecule has 0 unspecified atom stereocenters. The van der Waals surface area contributed by atoms with E-state index < -0.39 is 30.1 Å². The maximum Gasteiger partial charge on any atom is 0.338 e. The third kappa shape index (κ3) is 4.38. The minimum atomic E-state index is -0.975. The first-order chi connectivity index (χ1) is 10.0. The van der Waals surface area contributed by atoms with Crippen molar-refractivity contribution in [1.29, 1.82) is 0 Å². The zero-order chi connectivity index (χ0) is 15.2. The molecule has 0 saturated heterocycles. The SMILES string of the molecule is O=C(COC(=O)c1cc(F)cc(F)c1)Nc1ccccc1. The molecule has 1 N–H and O–H groups in total. The minimum Gasteiger partial charge on any atom is -0.452 e. The van der Waals surface area contributed by atoms with E-state index in [0.717, 1.165) is 12.1 Å². The van der Waals surface area contributed by atoms with Gasteiger partial charge in [0.05, 0.1) is 5.56 Å². The Kier molecular flexibility index (Phi) is 4.61. The van der Waals surface area contributed by atoms with Gasteiger partial charge in [0.2, 0.25) is 0 Å². The predicted molar refractivity (Wildman–Crippen MR) is 71.7 cm³/mol.